The molecule has 0 atom stereocenters. The van der Waals surface area contributed by atoms with Crippen molar-refractivity contribution in [2.24, 2.45) is 7.05 Å². The lowest BCUT2D eigenvalue weighted by atomic mass is 10.2. The summed E-state index contributed by atoms with van der Waals surface area (Å²) in [7, 11) is -1.62. The third kappa shape index (κ3) is 4.94. The summed E-state index contributed by atoms with van der Waals surface area (Å²) in [5.41, 5.74) is 3.39. The maximum absolute atomic E-state index is 13.0. The zero-order chi connectivity index (χ0) is 24.4. The fourth-order valence-electron chi connectivity index (χ4n) is 4.63. The number of aryl methyl sites for hydroxylation is 2. The molecule has 1 amide bonds. The highest BCUT2D eigenvalue weighted by Crippen LogP contribution is 2.25. The van der Waals surface area contributed by atoms with Gasteiger partial charge in [0.15, 0.2) is 0 Å². The second-order valence-corrected chi connectivity index (χ2v) is 10.9. The molecule has 0 unspecified atom stereocenters. The van der Waals surface area contributed by atoms with E-state index in [-0.39, 0.29) is 10.8 Å². The largest absolute Gasteiger partial charge is 0.356 e. The summed E-state index contributed by atoms with van der Waals surface area (Å²) >= 11 is 0. The number of para-hydroxylation sites is 2. The maximum atomic E-state index is 13.0. The quantitative estimate of drug-likeness (QED) is 0.391. The van der Waals surface area contributed by atoms with Gasteiger partial charge in [0.05, 0.1) is 27.0 Å². The molecule has 1 fully saturated rings. The van der Waals surface area contributed by atoms with Crippen molar-refractivity contribution in [1.82, 2.24) is 29.1 Å². The summed E-state index contributed by atoms with van der Waals surface area (Å²) in [5.74, 6) is 1.54. The van der Waals surface area contributed by atoms with Gasteiger partial charge in [-0.15, -0.1) is 0 Å². The van der Waals surface area contributed by atoms with Crippen molar-refractivity contribution in [3.05, 3.63) is 54.1 Å². The molecule has 10 heteroatoms. The van der Waals surface area contributed by atoms with Crippen molar-refractivity contribution in [3.8, 4) is 0 Å². The molecular weight excluding hydrogens is 464 g/mol. The Morgan fingerprint density at radius 2 is 1.83 bits per heavy atom. The Morgan fingerprint density at radius 1 is 1.03 bits per heavy atom. The van der Waals surface area contributed by atoms with Crippen molar-refractivity contribution in [2.45, 2.75) is 43.4 Å². The SMILES string of the molecule is Cn1c(CCC(=O)NCCc2nc3ccccc3[nH]2)nc2cc(S(=O)(=O)N3CCCCC3)ccc21. The van der Waals surface area contributed by atoms with Gasteiger partial charge < -0.3 is 14.9 Å². The molecule has 2 aromatic heterocycles. The standard InChI is InChI=1S/C25H30N6O3S/c1-30-22-10-9-18(35(33,34)31-15-5-2-6-16-31)17-21(22)29-24(30)11-12-25(32)26-14-13-23-27-19-7-3-4-8-20(19)28-23/h3-4,7-10,17H,2,5-6,11-16H2,1H3,(H,26,32)(H,27,28). The monoisotopic (exact) mass is 494 g/mol. The van der Waals surface area contributed by atoms with Crippen LogP contribution in [0.1, 0.15) is 37.3 Å². The van der Waals surface area contributed by atoms with Gasteiger partial charge in [0.25, 0.3) is 0 Å². The second kappa shape index (κ2) is 9.79. The minimum atomic E-state index is -3.51. The number of carbonyl (C=O) groups is 1. The van der Waals surface area contributed by atoms with Crippen molar-refractivity contribution >= 4 is 38.0 Å². The minimum Gasteiger partial charge on any atom is -0.356 e. The molecule has 9 nitrogen and oxygen atoms in total. The van der Waals surface area contributed by atoms with E-state index in [0.717, 1.165) is 47.5 Å². The zero-order valence-electron chi connectivity index (χ0n) is 19.8. The van der Waals surface area contributed by atoms with Crippen LogP contribution < -0.4 is 5.32 Å². The van der Waals surface area contributed by atoms with Gasteiger partial charge in [0.2, 0.25) is 15.9 Å². The van der Waals surface area contributed by atoms with E-state index in [1.165, 1.54) is 0 Å². The first-order valence-corrected chi connectivity index (χ1v) is 13.5. The molecule has 0 bridgehead atoms. The van der Waals surface area contributed by atoms with E-state index in [9.17, 15) is 13.2 Å². The van der Waals surface area contributed by atoms with Crippen LogP contribution in [0.25, 0.3) is 22.1 Å². The minimum absolute atomic E-state index is 0.0541. The summed E-state index contributed by atoms with van der Waals surface area (Å²) < 4.78 is 29.5. The first-order chi connectivity index (χ1) is 16.9. The Labute approximate surface area is 204 Å². The van der Waals surface area contributed by atoms with Crippen LogP contribution in [0.5, 0.6) is 0 Å². The van der Waals surface area contributed by atoms with Crippen LogP contribution in [-0.4, -0.2) is 57.8 Å². The van der Waals surface area contributed by atoms with Gasteiger partial charge in [-0.2, -0.15) is 4.31 Å². The van der Waals surface area contributed by atoms with E-state index in [2.05, 4.69) is 20.3 Å². The lowest BCUT2D eigenvalue weighted by Gasteiger charge is -2.25. The average Bonchev–Trinajstić information content (AvgIpc) is 3.43. The van der Waals surface area contributed by atoms with Crippen LogP contribution in [0, 0.1) is 0 Å². The Hall–Kier alpha value is -3.24. The fourth-order valence-corrected chi connectivity index (χ4v) is 6.16. The Kier molecular flexibility index (Phi) is 6.57. The molecule has 5 rings (SSSR count). The summed E-state index contributed by atoms with van der Waals surface area (Å²) in [6, 6.07) is 12.9. The maximum Gasteiger partial charge on any atom is 0.243 e. The molecule has 184 valence electrons. The molecule has 1 aliphatic rings. The van der Waals surface area contributed by atoms with Gasteiger partial charge in [-0.1, -0.05) is 18.6 Å². The number of amides is 1. The van der Waals surface area contributed by atoms with Gasteiger partial charge in [0.1, 0.15) is 11.6 Å². The summed E-state index contributed by atoms with van der Waals surface area (Å²) in [4.78, 5) is 25.1. The van der Waals surface area contributed by atoms with Crippen molar-refractivity contribution in [3.63, 3.8) is 0 Å². The third-order valence-electron chi connectivity index (χ3n) is 6.60. The molecule has 0 radical (unpaired) electrons. The molecule has 1 saturated heterocycles. The number of aromatic amines is 1. The van der Waals surface area contributed by atoms with E-state index >= 15 is 0 Å². The Balaban J connectivity index is 1.19. The molecule has 2 aromatic carbocycles. The van der Waals surface area contributed by atoms with E-state index in [1.807, 2.05) is 35.9 Å². The summed E-state index contributed by atoms with van der Waals surface area (Å²) in [5, 5.41) is 2.94. The van der Waals surface area contributed by atoms with E-state index in [4.69, 9.17) is 0 Å². The summed E-state index contributed by atoms with van der Waals surface area (Å²) in [6.45, 7) is 1.64. The predicted molar refractivity (Wildman–Crippen MR) is 134 cm³/mol. The van der Waals surface area contributed by atoms with Gasteiger partial charge in [0, 0.05) is 45.9 Å². The van der Waals surface area contributed by atoms with Crippen LogP contribution in [0.4, 0.5) is 0 Å². The number of H-pyrrole nitrogens is 1. The van der Waals surface area contributed by atoms with Gasteiger partial charge in [-0.3, -0.25) is 4.79 Å². The second-order valence-electron chi connectivity index (χ2n) is 9.00. The van der Waals surface area contributed by atoms with Crippen LogP contribution in [0.15, 0.2) is 47.4 Å². The Bertz CT molecular complexity index is 1430. The third-order valence-corrected chi connectivity index (χ3v) is 8.49. The van der Waals surface area contributed by atoms with Gasteiger partial charge in [-0.25, -0.2) is 18.4 Å². The number of carbonyl (C=O) groups excluding carboxylic acids is 1. The predicted octanol–water partition coefficient (Wildman–Crippen LogP) is 2.92. The Morgan fingerprint density at radius 3 is 2.63 bits per heavy atom. The number of hydrogen-bond donors (Lipinski definition) is 2. The highest BCUT2D eigenvalue weighted by Gasteiger charge is 2.26. The van der Waals surface area contributed by atoms with Crippen LogP contribution in [0.2, 0.25) is 0 Å². The lowest BCUT2D eigenvalue weighted by molar-refractivity contribution is -0.121. The number of rotatable bonds is 8. The number of nitrogens with zero attached hydrogens (tertiary/aromatic N) is 4. The van der Waals surface area contributed by atoms with Crippen LogP contribution >= 0.6 is 0 Å². The molecule has 4 aromatic rings. The highest BCUT2D eigenvalue weighted by atomic mass is 32.2. The van der Waals surface area contributed by atoms with Gasteiger partial charge >= 0.3 is 0 Å². The molecule has 2 N–H and O–H groups in total. The van der Waals surface area contributed by atoms with Gasteiger partial charge in [-0.05, 0) is 43.2 Å². The number of sulfonamides is 1. The number of nitrogens with one attached hydrogen (secondary N) is 2. The van der Waals surface area contributed by atoms with Crippen molar-refractivity contribution in [1.29, 1.82) is 0 Å². The molecule has 0 spiro atoms. The topological polar surface area (TPSA) is 113 Å². The molecule has 0 saturated carbocycles. The first kappa shape index (κ1) is 23.5. The van der Waals surface area contributed by atoms with E-state index in [1.54, 1.807) is 22.5 Å². The number of piperidine rings is 1. The molecule has 35 heavy (non-hydrogen) atoms. The normalized spacial score (nSPS) is 15.1. The smallest absolute Gasteiger partial charge is 0.243 e. The number of benzene rings is 2. The first-order valence-electron chi connectivity index (χ1n) is 12.1. The molecule has 1 aliphatic heterocycles. The van der Waals surface area contributed by atoms with Crippen molar-refractivity contribution < 1.29 is 13.2 Å². The van der Waals surface area contributed by atoms with Crippen LogP contribution in [-0.2, 0) is 34.7 Å². The zero-order valence-corrected chi connectivity index (χ0v) is 20.6. The van der Waals surface area contributed by atoms with Crippen LogP contribution in [0.3, 0.4) is 0 Å². The van der Waals surface area contributed by atoms with Crippen molar-refractivity contribution in [2.75, 3.05) is 19.6 Å². The highest BCUT2D eigenvalue weighted by molar-refractivity contribution is 7.89. The summed E-state index contributed by atoms with van der Waals surface area (Å²) in [6.07, 6.45) is 4.26. The number of aromatic nitrogens is 4. The fraction of sp³-hybridized carbons (Fsp3) is 0.400. The molecule has 3 heterocycles. The number of fused-ring (bicyclic) bond motifs is 2. The van der Waals surface area contributed by atoms with E-state index in [0.29, 0.717) is 44.4 Å². The average molecular weight is 495 g/mol. The van der Waals surface area contributed by atoms with E-state index < -0.39 is 10.0 Å². The lowest BCUT2D eigenvalue weighted by Crippen LogP contribution is -2.35. The number of imidazole rings is 2. The molecule has 0 aliphatic carbocycles. The number of hydrogen-bond acceptors (Lipinski definition) is 5. The molecular formula is C25H30N6O3S.